The van der Waals surface area contributed by atoms with Gasteiger partial charge in [-0.3, -0.25) is 9.89 Å². The first-order valence-corrected chi connectivity index (χ1v) is 9.40. The van der Waals surface area contributed by atoms with Crippen LogP contribution in [0.5, 0.6) is 0 Å². The Kier molecular flexibility index (Phi) is 10.5. The standard InChI is InChI=1S/C19H30F3N5.HI/c1-4-26-9-11-27(12-10-26)15(2)13-24-18(23-3)25-14-16-5-7-17(8-6-16)19(20,21)22;/h5-8,15H,4,9-14H2,1-3H3,(H2,23,24,25);1H. The average molecular weight is 513 g/mol. The fraction of sp³-hybridized carbons (Fsp3) is 0.632. The second kappa shape index (κ2) is 11.8. The molecule has 1 saturated heterocycles. The summed E-state index contributed by atoms with van der Waals surface area (Å²) in [6, 6.07) is 5.56. The lowest BCUT2D eigenvalue weighted by Crippen LogP contribution is -2.53. The van der Waals surface area contributed by atoms with Crippen LogP contribution in [0.4, 0.5) is 13.2 Å². The number of benzene rings is 1. The van der Waals surface area contributed by atoms with Crippen LogP contribution in [-0.2, 0) is 12.7 Å². The minimum Gasteiger partial charge on any atom is -0.355 e. The fourth-order valence-corrected chi connectivity index (χ4v) is 3.11. The normalized spacial score (nSPS) is 17.7. The van der Waals surface area contributed by atoms with Crippen LogP contribution in [-0.4, -0.2) is 68.1 Å². The molecule has 0 bridgehead atoms. The molecule has 0 spiro atoms. The van der Waals surface area contributed by atoms with Gasteiger partial charge in [-0.05, 0) is 31.2 Å². The molecule has 5 nitrogen and oxygen atoms in total. The third-order valence-corrected chi connectivity index (χ3v) is 5.01. The molecule has 0 radical (unpaired) electrons. The number of halogens is 4. The fourth-order valence-electron chi connectivity index (χ4n) is 3.11. The largest absolute Gasteiger partial charge is 0.416 e. The number of nitrogens with one attached hydrogen (secondary N) is 2. The molecule has 0 amide bonds. The minimum atomic E-state index is -4.30. The maximum Gasteiger partial charge on any atom is 0.416 e. The van der Waals surface area contributed by atoms with Gasteiger partial charge in [-0.15, -0.1) is 24.0 Å². The number of alkyl halides is 3. The Hall–Kier alpha value is -1.07. The molecule has 9 heteroatoms. The van der Waals surface area contributed by atoms with E-state index in [1.54, 1.807) is 7.05 Å². The molecule has 2 N–H and O–H groups in total. The molecule has 2 rings (SSSR count). The molecule has 28 heavy (non-hydrogen) atoms. The molecule has 1 aromatic rings. The van der Waals surface area contributed by atoms with Gasteiger partial charge in [0.05, 0.1) is 5.56 Å². The Morgan fingerprint density at radius 1 is 1.11 bits per heavy atom. The quantitative estimate of drug-likeness (QED) is 0.349. The summed E-state index contributed by atoms with van der Waals surface area (Å²) in [5.41, 5.74) is 0.139. The van der Waals surface area contributed by atoms with Crippen LogP contribution in [0.1, 0.15) is 25.0 Å². The van der Waals surface area contributed by atoms with Gasteiger partial charge in [0.2, 0.25) is 0 Å². The van der Waals surface area contributed by atoms with Crippen molar-refractivity contribution in [2.45, 2.75) is 32.6 Å². The summed E-state index contributed by atoms with van der Waals surface area (Å²) in [6.45, 7) is 11.0. The first-order chi connectivity index (χ1) is 12.8. The number of likely N-dealkylation sites (N-methyl/N-ethyl adjacent to an activating group) is 1. The first-order valence-electron chi connectivity index (χ1n) is 9.40. The van der Waals surface area contributed by atoms with Gasteiger partial charge in [0.25, 0.3) is 0 Å². The molecule has 1 aromatic carbocycles. The van der Waals surface area contributed by atoms with Crippen molar-refractivity contribution in [3.8, 4) is 0 Å². The summed E-state index contributed by atoms with van der Waals surface area (Å²) >= 11 is 0. The maximum atomic E-state index is 12.6. The lowest BCUT2D eigenvalue weighted by Gasteiger charge is -2.37. The van der Waals surface area contributed by atoms with Crippen molar-refractivity contribution in [2.24, 2.45) is 4.99 Å². The van der Waals surface area contributed by atoms with Gasteiger partial charge in [-0.2, -0.15) is 13.2 Å². The van der Waals surface area contributed by atoms with Crippen LogP contribution in [0, 0.1) is 0 Å². The Bertz CT molecular complexity index is 599. The summed E-state index contributed by atoms with van der Waals surface area (Å²) in [4.78, 5) is 9.10. The van der Waals surface area contributed by atoms with Gasteiger partial charge >= 0.3 is 6.18 Å². The van der Waals surface area contributed by atoms with E-state index in [1.807, 2.05) is 0 Å². The molecule has 160 valence electrons. The molecule has 0 aliphatic carbocycles. The summed E-state index contributed by atoms with van der Waals surface area (Å²) in [5, 5.41) is 6.45. The Morgan fingerprint density at radius 3 is 2.21 bits per heavy atom. The van der Waals surface area contributed by atoms with E-state index in [-0.39, 0.29) is 24.0 Å². The number of nitrogens with zero attached hydrogens (tertiary/aromatic N) is 3. The van der Waals surface area contributed by atoms with Crippen molar-refractivity contribution in [1.29, 1.82) is 0 Å². The predicted octanol–water partition coefficient (Wildman–Crippen LogP) is 3.01. The van der Waals surface area contributed by atoms with Crippen molar-refractivity contribution < 1.29 is 13.2 Å². The zero-order valence-corrected chi connectivity index (χ0v) is 19.1. The highest BCUT2D eigenvalue weighted by molar-refractivity contribution is 14.0. The van der Waals surface area contributed by atoms with Crippen LogP contribution in [0.2, 0.25) is 0 Å². The molecule has 1 aliphatic heterocycles. The number of rotatable bonds is 6. The molecule has 0 saturated carbocycles. The number of piperazine rings is 1. The Labute approximate surface area is 182 Å². The second-order valence-corrected chi connectivity index (χ2v) is 6.82. The molecular weight excluding hydrogens is 482 g/mol. The van der Waals surface area contributed by atoms with Crippen molar-refractivity contribution in [3.05, 3.63) is 35.4 Å². The summed E-state index contributed by atoms with van der Waals surface area (Å²) < 4.78 is 37.8. The lowest BCUT2D eigenvalue weighted by atomic mass is 10.1. The molecule has 1 heterocycles. The highest BCUT2D eigenvalue weighted by Crippen LogP contribution is 2.29. The molecule has 1 atom stereocenters. The molecule has 1 aliphatic rings. The van der Waals surface area contributed by atoms with Crippen LogP contribution in [0.3, 0.4) is 0 Å². The van der Waals surface area contributed by atoms with Crippen LogP contribution < -0.4 is 10.6 Å². The van der Waals surface area contributed by atoms with Gasteiger partial charge in [-0.25, -0.2) is 0 Å². The molecule has 0 aromatic heterocycles. The van der Waals surface area contributed by atoms with E-state index in [4.69, 9.17) is 0 Å². The average Bonchev–Trinajstić information content (AvgIpc) is 2.67. The van der Waals surface area contributed by atoms with Gasteiger partial charge in [0, 0.05) is 52.4 Å². The number of hydrogen-bond acceptors (Lipinski definition) is 3. The van der Waals surface area contributed by atoms with Gasteiger partial charge < -0.3 is 15.5 Å². The van der Waals surface area contributed by atoms with Crippen LogP contribution in [0.15, 0.2) is 29.3 Å². The minimum absolute atomic E-state index is 0. The highest BCUT2D eigenvalue weighted by Gasteiger charge is 2.29. The molecule has 1 unspecified atom stereocenters. The van der Waals surface area contributed by atoms with E-state index in [2.05, 4.69) is 39.3 Å². The first kappa shape index (κ1) is 25.0. The number of hydrogen-bond donors (Lipinski definition) is 2. The van der Waals surface area contributed by atoms with Crippen molar-refractivity contribution in [1.82, 2.24) is 20.4 Å². The molecule has 1 fully saturated rings. The van der Waals surface area contributed by atoms with Crippen molar-refractivity contribution in [2.75, 3.05) is 46.3 Å². The summed E-state index contributed by atoms with van der Waals surface area (Å²) in [7, 11) is 1.69. The van der Waals surface area contributed by atoms with Gasteiger partial charge in [-0.1, -0.05) is 19.1 Å². The molecular formula is C19H31F3IN5. The lowest BCUT2D eigenvalue weighted by molar-refractivity contribution is -0.137. The highest BCUT2D eigenvalue weighted by atomic mass is 127. The third kappa shape index (κ3) is 7.75. The van der Waals surface area contributed by atoms with E-state index >= 15 is 0 Å². The SMILES string of the molecule is CCN1CCN(C(C)CNC(=NC)NCc2ccc(C(F)(F)F)cc2)CC1.I. The van der Waals surface area contributed by atoms with E-state index < -0.39 is 11.7 Å². The van der Waals surface area contributed by atoms with E-state index in [1.165, 1.54) is 12.1 Å². The summed E-state index contributed by atoms with van der Waals surface area (Å²) in [5.74, 6) is 0.647. The maximum absolute atomic E-state index is 12.6. The summed E-state index contributed by atoms with van der Waals surface area (Å²) in [6.07, 6.45) is -4.30. The Balaban J connectivity index is 0.00000392. The predicted molar refractivity (Wildman–Crippen MR) is 118 cm³/mol. The van der Waals surface area contributed by atoms with Crippen LogP contribution in [0.25, 0.3) is 0 Å². The van der Waals surface area contributed by atoms with E-state index in [0.29, 0.717) is 18.5 Å². The zero-order valence-electron chi connectivity index (χ0n) is 16.7. The van der Waals surface area contributed by atoms with E-state index in [0.717, 1.165) is 57.0 Å². The van der Waals surface area contributed by atoms with Gasteiger partial charge in [0.1, 0.15) is 0 Å². The van der Waals surface area contributed by atoms with Gasteiger partial charge in [0.15, 0.2) is 5.96 Å². The van der Waals surface area contributed by atoms with E-state index in [9.17, 15) is 13.2 Å². The smallest absolute Gasteiger partial charge is 0.355 e. The number of guanidine groups is 1. The second-order valence-electron chi connectivity index (χ2n) is 6.82. The van der Waals surface area contributed by atoms with Crippen molar-refractivity contribution >= 4 is 29.9 Å². The van der Waals surface area contributed by atoms with Crippen molar-refractivity contribution in [3.63, 3.8) is 0 Å². The zero-order chi connectivity index (χ0) is 19.9. The monoisotopic (exact) mass is 513 g/mol. The van der Waals surface area contributed by atoms with Crippen LogP contribution >= 0.6 is 24.0 Å². The topological polar surface area (TPSA) is 42.9 Å². The number of aliphatic imine (C=N–C) groups is 1. The third-order valence-electron chi connectivity index (χ3n) is 5.01. The Morgan fingerprint density at radius 2 is 1.71 bits per heavy atom.